The number of nitrogens with one attached hydrogen (secondary N) is 1. The maximum absolute atomic E-state index is 12.9. The van der Waals surface area contributed by atoms with Gasteiger partial charge in [0, 0.05) is 20.7 Å². The number of thioether (sulfide) groups is 1. The SMILES string of the molecule is COc1ccc(Cl)cc1N(CC(=O)Nc1ccccc1SCc1ccc(Cl)cc1)S(C)(=O)=O. The fraction of sp³-hybridized carbons (Fsp3) is 0.174. The van der Waals surface area contributed by atoms with Crippen LogP contribution in [-0.2, 0) is 20.6 Å². The van der Waals surface area contributed by atoms with Gasteiger partial charge in [-0.1, -0.05) is 47.5 Å². The molecular weight excluding hydrogens is 503 g/mol. The number of halogens is 2. The van der Waals surface area contributed by atoms with Gasteiger partial charge in [0.25, 0.3) is 0 Å². The largest absolute Gasteiger partial charge is 0.495 e. The van der Waals surface area contributed by atoms with Gasteiger partial charge in [-0.3, -0.25) is 9.10 Å². The summed E-state index contributed by atoms with van der Waals surface area (Å²) < 4.78 is 31.2. The van der Waals surface area contributed by atoms with E-state index in [0.717, 1.165) is 21.0 Å². The third-order valence-electron chi connectivity index (χ3n) is 4.57. The number of hydrogen-bond donors (Lipinski definition) is 1. The Morgan fingerprint density at radius 2 is 1.70 bits per heavy atom. The Bertz CT molecular complexity index is 1240. The van der Waals surface area contributed by atoms with Gasteiger partial charge in [-0.2, -0.15) is 0 Å². The van der Waals surface area contributed by atoms with Crippen molar-refractivity contribution in [3.63, 3.8) is 0 Å². The van der Waals surface area contributed by atoms with E-state index in [1.54, 1.807) is 36.0 Å². The molecule has 3 rings (SSSR count). The highest BCUT2D eigenvalue weighted by molar-refractivity contribution is 7.98. The van der Waals surface area contributed by atoms with Crippen molar-refractivity contribution >= 4 is 62.3 Å². The van der Waals surface area contributed by atoms with Crippen LogP contribution in [0.5, 0.6) is 5.75 Å². The van der Waals surface area contributed by atoms with Gasteiger partial charge in [0.1, 0.15) is 12.3 Å². The Morgan fingerprint density at radius 1 is 1.03 bits per heavy atom. The van der Waals surface area contributed by atoms with E-state index in [1.807, 2.05) is 36.4 Å². The van der Waals surface area contributed by atoms with Gasteiger partial charge in [0.15, 0.2) is 0 Å². The van der Waals surface area contributed by atoms with Crippen LogP contribution in [0.15, 0.2) is 71.6 Å². The van der Waals surface area contributed by atoms with Crippen LogP contribution in [0.4, 0.5) is 11.4 Å². The smallest absolute Gasteiger partial charge is 0.245 e. The van der Waals surface area contributed by atoms with Crippen molar-refractivity contribution in [2.24, 2.45) is 0 Å². The standard InChI is InChI=1S/C23H22Cl2N2O4S2/c1-31-21-12-11-18(25)13-20(21)27(33(2,29)30)14-23(28)26-19-5-3-4-6-22(19)32-15-16-7-9-17(24)10-8-16/h3-13H,14-15H2,1-2H3,(H,26,28). The molecule has 174 valence electrons. The average Bonchev–Trinajstić information content (AvgIpc) is 2.77. The molecule has 0 aromatic heterocycles. The van der Waals surface area contributed by atoms with E-state index in [0.29, 0.717) is 21.5 Å². The molecule has 0 aliphatic carbocycles. The Balaban J connectivity index is 1.78. The number of carbonyl (C=O) groups excluding carboxylic acids is 1. The maximum atomic E-state index is 12.9. The van der Waals surface area contributed by atoms with E-state index >= 15 is 0 Å². The van der Waals surface area contributed by atoms with E-state index in [9.17, 15) is 13.2 Å². The Hall–Kier alpha value is -2.39. The monoisotopic (exact) mass is 524 g/mol. The molecule has 0 heterocycles. The van der Waals surface area contributed by atoms with Crippen LogP contribution < -0.4 is 14.4 Å². The zero-order chi connectivity index (χ0) is 24.0. The number of para-hydroxylation sites is 1. The summed E-state index contributed by atoms with van der Waals surface area (Å²) in [7, 11) is -2.38. The van der Waals surface area contributed by atoms with Crippen LogP contribution in [0.25, 0.3) is 0 Å². The van der Waals surface area contributed by atoms with Gasteiger partial charge < -0.3 is 10.1 Å². The molecule has 0 saturated heterocycles. The van der Waals surface area contributed by atoms with Gasteiger partial charge >= 0.3 is 0 Å². The average molecular weight is 525 g/mol. The lowest BCUT2D eigenvalue weighted by Crippen LogP contribution is -2.37. The van der Waals surface area contributed by atoms with Crippen molar-refractivity contribution in [3.8, 4) is 5.75 Å². The second-order valence-electron chi connectivity index (χ2n) is 7.05. The molecular formula is C23H22Cl2N2O4S2. The summed E-state index contributed by atoms with van der Waals surface area (Å²) >= 11 is 13.6. The minimum Gasteiger partial charge on any atom is -0.495 e. The molecule has 0 radical (unpaired) electrons. The summed E-state index contributed by atoms with van der Waals surface area (Å²) in [5.74, 6) is 0.470. The molecule has 1 amide bonds. The minimum absolute atomic E-state index is 0.188. The van der Waals surface area contributed by atoms with Crippen LogP contribution in [0.1, 0.15) is 5.56 Å². The minimum atomic E-state index is -3.80. The molecule has 0 atom stereocenters. The zero-order valence-corrected chi connectivity index (χ0v) is 21.1. The normalized spacial score (nSPS) is 11.2. The van der Waals surface area contributed by atoms with E-state index in [2.05, 4.69) is 5.32 Å². The summed E-state index contributed by atoms with van der Waals surface area (Å²) in [4.78, 5) is 13.7. The van der Waals surface area contributed by atoms with Crippen LogP contribution in [0.2, 0.25) is 10.0 Å². The second kappa shape index (κ2) is 11.2. The molecule has 0 aliphatic rings. The number of hydrogen-bond acceptors (Lipinski definition) is 5. The third kappa shape index (κ3) is 7.04. The number of methoxy groups -OCH3 is 1. The first-order chi connectivity index (χ1) is 15.7. The first kappa shape index (κ1) is 25.2. The van der Waals surface area contributed by atoms with E-state index in [-0.39, 0.29) is 11.4 Å². The molecule has 10 heteroatoms. The number of ether oxygens (including phenoxy) is 1. The summed E-state index contributed by atoms with van der Waals surface area (Å²) in [6.45, 7) is -0.439. The molecule has 0 spiro atoms. The Kier molecular flexibility index (Phi) is 8.53. The number of carbonyl (C=O) groups is 1. The lowest BCUT2D eigenvalue weighted by molar-refractivity contribution is -0.114. The summed E-state index contributed by atoms with van der Waals surface area (Å²) in [5.41, 5.74) is 1.86. The van der Waals surface area contributed by atoms with Crippen LogP contribution >= 0.6 is 35.0 Å². The van der Waals surface area contributed by atoms with E-state index < -0.39 is 22.5 Å². The molecule has 0 unspecified atom stereocenters. The molecule has 0 fully saturated rings. The summed E-state index contributed by atoms with van der Waals surface area (Å²) in [5, 5.41) is 3.81. The van der Waals surface area contributed by atoms with Crippen LogP contribution in [0.3, 0.4) is 0 Å². The highest BCUT2D eigenvalue weighted by Gasteiger charge is 2.24. The topological polar surface area (TPSA) is 75.7 Å². The van der Waals surface area contributed by atoms with Crippen molar-refractivity contribution in [2.75, 3.05) is 29.5 Å². The number of nitrogens with zero attached hydrogens (tertiary/aromatic N) is 1. The number of benzene rings is 3. The lowest BCUT2D eigenvalue weighted by Gasteiger charge is -2.24. The fourth-order valence-electron chi connectivity index (χ4n) is 3.00. The first-order valence-corrected chi connectivity index (χ1v) is 13.3. The van der Waals surface area contributed by atoms with Gasteiger partial charge in [0.05, 0.1) is 24.7 Å². The molecule has 1 N–H and O–H groups in total. The van der Waals surface area contributed by atoms with Gasteiger partial charge in [0.2, 0.25) is 15.9 Å². The number of amides is 1. The van der Waals surface area contributed by atoms with Crippen molar-refractivity contribution in [3.05, 3.63) is 82.3 Å². The van der Waals surface area contributed by atoms with E-state index in [4.69, 9.17) is 27.9 Å². The highest BCUT2D eigenvalue weighted by Crippen LogP contribution is 2.33. The highest BCUT2D eigenvalue weighted by atomic mass is 35.5. The second-order valence-corrected chi connectivity index (χ2v) is 10.8. The van der Waals surface area contributed by atoms with Crippen molar-refractivity contribution in [1.82, 2.24) is 0 Å². The molecule has 0 aliphatic heterocycles. The summed E-state index contributed by atoms with van der Waals surface area (Å²) in [6, 6.07) is 19.5. The maximum Gasteiger partial charge on any atom is 0.245 e. The van der Waals surface area contributed by atoms with E-state index in [1.165, 1.54) is 13.2 Å². The number of rotatable bonds is 9. The molecule has 3 aromatic rings. The Morgan fingerprint density at radius 3 is 2.36 bits per heavy atom. The number of anilines is 2. The predicted molar refractivity (Wildman–Crippen MR) is 136 cm³/mol. The zero-order valence-electron chi connectivity index (χ0n) is 17.9. The number of sulfonamides is 1. The molecule has 6 nitrogen and oxygen atoms in total. The fourth-order valence-corrected chi connectivity index (χ4v) is 5.10. The molecule has 33 heavy (non-hydrogen) atoms. The Labute approximate surface area is 207 Å². The van der Waals surface area contributed by atoms with Crippen LogP contribution in [0, 0.1) is 0 Å². The molecule has 3 aromatic carbocycles. The third-order valence-corrected chi connectivity index (χ3v) is 7.32. The van der Waals surface area contributed by atoms with Crippen LogP contribution in [-0.4, -0.2) is 34.2 Å². The quantitative estimate of drug-likeness (QED) is 0.363. The van der Waals surface area contributed by atoms with Gasteiger partial charge in [-0.15, -0.1) is 11.8 Å². The van der Waals surface area contributed by atoms with Crippen molar-refractivity contribution in [2.45, 2.75) is 10.6 Å². The summed E-state index contributed by atoms with van der Waals surface area (Å²) in [6.07, 6.45) is 1.02. The van der Waals surface area contributed by atoms with Gasteiger partial charge in [-0.25, -0.2) is 8.42 Å². The molecule has 0 saturated carbocycles. The lowest BCUT2D eigenvalue weighted by atomic mass is 10.2. The molecule has 0 bridgehead atoms. The van der Waals surface area contributed by atoms with Gasteiger partial charge in [-0.05, 0) is 48.0 Å². The van der Waals surface area contributed by atoms with Crippen molar-refractivity contribution in [1.29, 1.82) is 0 Å². The first-order valence-electron chi connectivity index (χ1n) is 9.75. The van der Waals surface area contributed by atoms with Crippen molar-refractivity contribution < 1.29 is 17.9 Å². The predicted octanol–water partition coefficient (Wildman–Crippen LogP) is 5.70.